The number of aromatic nitrogens is 1. The number of alkyl halides is 3. The van der Waals surface area contributed by atoms with Crippen LogP contribution in [0.1, 0.15) is 17.2 Å². The van der Waals surface area contributed by atoms with Crippen molar-refractivity contribution in [3.05, 3.63) is 59.8 Å². The summed E-state index contributed by atoms with van der Waals surface area (Å²) in [6.07, 6.45) is -3.40. The fourth-order valence-electron chi connectivity index (χ4n) is 2.94. The number of piperazine rings is 1. The summed E-state index contributed by atoms with van der Waals surface area (Å²) < 4.78 is 37.8. The third kappa shape index (κ3) is 4.49. The van der Waals surface area contributed by atoms with Gasteiger partial charge in [-0.05, 0) is 29.8 Å². The fraction of sp³-hybridized carbons (Fsp3) is 0.389. The molecule has 1 unspecified atom stereocenters. The Balaban J connectivity index is 1.53. The van der Waals surface area contributed by atoms with E-state index in [1.54, 1.807) is 6.20 Å². The van der Waals surface area contributed by atoms with Gasteiger partial charge in [0.1, 0.15) is 5.82 Å². The zero-order chi connectivity index (χ0) is 17.9. The first-order chi connectivity index (χ1) is 11.9. The minimum Gasteiger partial charge on any atom is -0.387 e. The lowest BCUT2D eigenvalue weighted by Gasteiger charge is -2.36. The van der Waals surface area contributed by atoms with Gasteiger partial charge in [0.05, 0.1) is 11.7 Å². The third-order valence-electron chi connectivity index (χ3n) is 4.40. The first-order valence-electron chi connectivity index (χ1n) is 8.17. The van der Waals surface area contributed by atoms with Crippen LogP contribution in [0, 0.1) is 0 Å². The van der Waals surface area contributed by atoms with E-state index in [0.29, 0.717) is 12.1 Å². The lowest BCUT2D eigenvalue weighted by molar-refractivity contribution is -0.137. The Morgan fingerprint density at radius 1 is 1.00 bits per heavy atom. The Kier molecular flexibility index (Phi) is 5.24. The molecule has 1 aromatic carbocycles. The van der Waals surface area contributed by atoms with E-state index in [2.05, 4.69) is 14.8 Å². The van der Waals surface area contributed by atoms with Crippen LogP contribution in [0.3, 0.4) is 0 Å². The quantitative estimate of drug-likeness (QED) is 0.919. The van der Waals surface area contributed by atoms with E-state index < -0.39 is 17.8 Å². The molecule has 0 aliphatic carbocycles. The summed E-state index contributed by atoms with van der Waals surface area (Å²) in [4.78, 5) is 8.62. The van der Waals surface area contributed by atoms with Crippen molar-refractivity contribution in [3.8, 4) is 0 Å². The molecule has 0 amide bonds. The minimum absolute atomic E-state index is 0.404. The first kappa shape index (κ1) is 17.7. The molecule has 1 aliphatic heterocycles. The van der Waals surface area contributed by atoms with Gasteiger partial charge < -0.3 is 10.0 Å². The van der Waals surface area contributed by atoms with Gasteiger partial charge in [0.25, 0.3) is 0 Å². The van der Waals surface area contributed by atoms with E-state index in [-0.39, 0.29) is 0 Å². The first-order valence-corrected chi connectivity index (χ1v) is 8.17. The Morgan fingerprint density at radius 3 is 2.24 bits per heavy atom. The largest absolute Gasteiger partial charge is 0.416 e. The van der Waals surface area contributed by atoms with Crippen LogP contribution in [-0.2, 0) is 6.18 Å². The lowest BCUT2D eigenvalue weighted by atomic mass is 10.1. The van der Waals surface area contributed by atoms with Crippen LogP contribution >= 0.6 is 0 Å². The summed E-state index contributed by atoms with van der Waals surface area (Å²) in [5.41, 5.74) is -0.201. The van der Waals surface area contributed by atoms with Crippen LogP contribution in [0.15, 0.2) is 48.7 Å². The molecule has 2 aromatic rings. The smallest absolute Gasteiger partial charge is 0.387 e. The molecule has 1 saturated heterocycles. The van der Waals surface area contributed by atoms with Crippen LogP contribution in [0.2, 0.25) is 0 Å². The minimum atomic E-state index is -4.36. The van der Waals surface area contributed by atoms with Crippen LogP contribution in [-0.4, -0.2) is 47.7 Å². The summed E-state index contributed by atoms with van der Waals surface area (Å²) in [7, 11) is 0. The van der Waals surface area contributed by atoms with Crippen LogP contribution in [0.4, 0.5) is 19.0 Å². The number of anilines is 1. The highest BCUT2D eigenvalue weighted by molar-refractivity contribution is 5.38. The number of hydrogen-bond donors (Lipinski definition) is 1. The molecular weight excluding hydrogens is 331 g/mol. The Bertz CT molecular complexity index is 668. The van der Waals surface area contributed by atoms with Crippen molar-refractivity contribution in [2.75, 3.05) is 37.6 Å². The molecule has 1 aromatic heterocycles. The highest BCUT2D eigenvalue weighted by atomic mass is 19.4. The van der Waals surface area contributed by atoms with Crippen LogP contribution < -0.4 is 4.90 Å². The lowest BCUT2D eigenvalue weighted by Crippen LogP contribution is -2.47. The van der Waals surface area contributed by atoms with Crippen LogP contribution in [0.5, 0.6) is 0 Å². The maximum Gasteiger partial charge on any atom is 0.416 e. The van der Waals surface area contributed by atoms with Crippen molar-refractivity contribution in [1.29, 1.82) is 0 Å². The van der Waals surface area contributed by atoms with Gasteiger partial charge in [-0.1, -0.05) is 18.2 Å². The summed E-state index contributed by atoms with van der Waals surface area (Å²) in [5, 5.41) is 10.3. The maximum atomic E-state index is 12.6. The van der Waals surface area contributed by atoms with E-state index in [1.807, 2.05) is 18.2 Å². The van der Waals surface area contributed by atoms with Crippen molar-refractivity contribution in [2.24, 2.45) is 0 Å². The van der Waals surface area contributed by atoms with Gasteiger partial charge in [-0.15, -0.1) is 0 Å². The number of benzene rings is 1. The monoisotopic (exact) mass is 351 g/mol. The number of rotatable bonds is 4. The number of pyridine rings is 1. The molecule has 4 nitrogen and oxygen atoms in total. The van der Waals surface area contributed by atoms with Gasteiger partial charge in [-0.2, -0.15) is 13.2 Å². The number of nitrogens with zero attached hydrogens (tertiary/aromatic N) is 3. The van der Waals surface area contributed by atoms with Crippen molar-refractivity contribution >= 4 is 5.82 Å². The molecule has 0 spiro atoms. The molecule has 0 radical (unpaired) electrons. The molecule has 2 heterocycles. The third-order valence-corrected chi connectivity index (χ3v) is 4.40. The molecular formula is C18H20F3N3O. The van der Waals surface area contributed by atoms with Crippen molar-refractivity contribution in [1.82, 2.24) is 9.88 Å². The van der Waals surface area contributed by atoms with Crippen LogP contribution in [0.25, 0.3) is 0 Å². The van der Waals surface area contributed by atoms with Crippen molar-refractivity contribution in [3.63, 3.8) is 0 Å². The normalized spacial score (nSPS) is 17.5. The topological polar surface area (TPSA) is 39.6 Å². The molecule has 134 valence electrons. The van der Waals surface area contributed by atoms with Crippen molar-refractivity contribution in [2.45, 2.75) is 12.3 Å². The maximum absolute atomic E-state index is 12.6. The molecule has 1 atom stereocenters. The van der Waals surface area contributed by atoms with Gasteiger partial charge in [-0.25, -0.2) is 4.98 Å². The number of β-amino-alcohol motifs (C(OH)–C–C–N with tert-alkyl or cyclic N) is 1. The highest BCUT2D eigenvalue weighted by Crippen LogP contribution is 2.30. The summed E-state index contributed by atoms with van der Waals surface area (Å²) in [5.74, 6) is 0.936. The Labute approximate surface area is 144 Å². The zero-order valence-corrected chi connectivity index (χ0v) is 13.7. The standard InChI is InChI=1S/C18H20F3N3O/c19-18(20,21)15-6-4-14(5-7-15)16(25)13-23-9-11-24(12-10-23)17-3-1-2-8-22-17/h1-8,16,25H,9-13H2. The molecule has 7 heteroatoms. The van der Waals surface area contributed by atoms with Gasteiger partial charge in [0.15, 0.2) is 0 Å². The highest BCUT2D eigenvalue weighted by Gasteiger charge is 2.30. The summed E-state index contributed by atoms with van der Waals surface area (Å²) in [6, 6.07) is 10.5. The average Bonchev–Trinajstić information content (AvgIpc) is 2.62. The average molecular weight is 351 g/mol. The number of aliphatic hydroxyl groups excluding tert-OH is 1. The van der Waals surface area contributed by atoms with Gasteiger partial charge in [-0.3, -0.25) is 4.90 Å². The van der Waals surface area contributed by atoms with E-state index in [0.717, 1.165) is 44.1 Å². The second kappa shape index (κ2) is 7.41. The molecule has 1 N–H and O–H groups in total. The van der Waals surface area contributed by atoms with E-state index >= 15 is 0 Å². The van der Waals surface area contributed by atoms with E-state index in [1.165, 1.54) is 12.1 Å². The molecule has 0 bridgehead atoms. The Morgan fingerprint density at radius 2 is 1.68 bits per heavy atom. The van der Waals surface area contributed by atoms with Gasteiger partial charge in [0.2, 0.25) is 0 Å². The van der Waals surface area contributed by atoms with Crippen molar-refractivity contribution < 1.29 is 18.3 Å². The summed E-state index contributed by atoms with van der Waals surface area (Å²) in [6.45, 7) is 3.55. The van der Waals surface area contributed by atoms with E-state index in [4.69, 9.17) is 0 Å². The summed E-state index contributed by atoms with van der Waals surface area (Å²) >= 11 is 0. The Hall–Kier alpha value is -2.12. The fourth-order valence-corrected chi connectivity index (χ4v) is 2.94. The molecule has 0 saturated carbocycles. The molecule has 1 fully saturated rings. The van der Waals surface area contributed by atoms with E-state index in [9.17, 15) is 18.3 Å². The second-order valence-corrected chi connectivity index (χ2v) is 6.11. The predicted molar refractivity (Wildman–Crippen MR) is 89.3 cm³/mol. The molecule has 25 heavy (non-hydrogen) atoms. The number of halogens is 3. The number of aliphatic hydroxyl groups is 1. The second-order valence-electron chi connectivity index (χ2n) is 6.11. The zero-order valence-electron chi connectivity index (χ0n) is 13.7. The SMILES string of the molecule is OC(CN1CCN(c2ccccn2)CC1)c1ccc(C(F)(F)F)cc1. The van der Waals surface area contributed by atoms with Gasteiger partial charge in [0, 0.05) is 38.9 Å². The number of hydrogen-bond acceptors (Lipinski definition) is 4. The molecule has 3 rings (SSSR count). The molecule has 1 aliphatic rings. The van der Waals surface area contributed by atoms with Gasteiger partial charge >= 0.3 is 6.18 Å². The predicted octanol–water partition coefficient (Wildman–Crippen LogP) is 2.96.